The van der Waals surface area contributed by atoms with Crippen molar-refractivity contribution in [3.63, 3.8) is 0 Å². The number of rotatable bonds is 8. The number of nitrogens with one attached hydrogen (secondary N) is 1. The van der Waals surface area contributed by atoms with E-state index in [1.807, 2.05) is 0 Å². The Labute approximate surface area is 108 Å². The van der Waals surface area contributed by atoms with Gasteiger partial charge in [-0.25, -0.2) is 0 Å². The van der Waals surface area contributed by atoms with Gasteiger partial charge in [-0.1, -0.05) is 29.8 Å². The van der Waals surface area contributed by atoms with E-state index in [-0.39, 0.29) is 12.5 Å². The third kappa shape index (κ3) is 6.37. The summed E-state index contributed by atoms with van der Waals surface area (Å²) in [4.78, 5) is 10.8. The summed E-state index contributed by atoms with van der Waals surface area (Å²) in [6.45, 7) is 3.80. The normalized spacial score (nSPS) is 10.3. The van der Waals surface area contributed by atoms with Crippen molar-refractivity contribution >= 4 is 5.91 Å². The van der Waals surface area contributed by atoms with Crippen LogP contribution in [0.25, 0.3) is 0 Å². The highest BCUT2D eigenvalue weighted by Crippen LogP contribution is 2.03. The van der Waals surface area contributed by atoms with Gasteiger partial charge in [-0.05, 0) is 18.9 Å². The molecule has 0 spiro atoms. The summed E-state index contributed by atoms with van der Waals surface area (Å²) in [5.74, 6) is -0.116. The van der Waals surface area contributed by atoms with Gasteiger partial charge in [-0.2, -0.15) is 0 Å². The van der Waals surface area contributed by atoms with Crippen molar-refractivity contribution in [1.82, 2.24) is 5.32 Å². The molecule has 0 saturated carbocycles. The lowest BCUT2D eigenvalue weighted by molar-refractivity contribution is -0.125. The maximum atomic E-state index is 10.8. The third-order valence-electron chi connectivity index (χ3n) is 2.54. The van der Waals surface area contributed by atoms with Gasteiger partial charge < -0.3 is 14.8 Å². The van der Waals surface area contributed by atoms with E-state index in [1.54, 1.807) is 7.05 Å². The minimum Gasteiger partial charge on any atom is -0.379 e. The molecule has 0 unspecified atom stereocenters. The molecule has 4 nitrogen and oxygen atoms in total. The fraction of sp³-hybridized carbons (Fsp3) is 0.500. The van der Waals surface area contributed by atoms with Gasteiger partial charge in [-0.3, -0.25) is 4.79 Å². The largest absolute Gasteiger partial charge is 0.379 e. The van der Waals surface area contributed by atoms with E-state index in [0.717, 1.165) is 6.42 Å². The van der Waals surface area contributed by atoms with Crippen LogP contribution in [0.3, 0.4) is 0 Å². The number of hydrogen-bond donors (Lipinski definition) is 1. The van der Waals surface area contributed by atoms with Gasteiger partial charge in [0.2, 0.25) is 5.91 Å². The minimum absolute atomic E-state index is 0.0951. The van der Waals surface area contributed by atoms with E-state index >= 15 is 0 Å². The standard InChI is InChI=1S/C14H21NO3/c1-12-3-5-13(6-4-12)7-8-17-9-10-18-11-14(16)15-2/h3-6H,7-11H2,1-2H3,(H,15,16). The second-order valence-corrected chi connectivity index (χ2v) is 4.07. The Morgan fingerprint density at radius 2 is 1.78 bits per heavy atom. The molecular weight excluding hydrogens is 230 g/mol. The molecule has 4 heteroatoms. The number of likely N-dealkylation sites (N-methyl/N-ethyl adjacent to an activating group) is 1. The first-order chi connectivity index (χ1) is 8.72. The molecule has 1 N–H and O–H groups in total. The zero-order valence-corrected chi connectivity index (χ0v) is 11.1. The van der Waals surface area contributed by atoms with Crippen molar-refractivity contribution in [1.29, 1.82) is 0 Å². The predicted molar refractivity (Wildman–Crippen MR) is 70.6 cm³/mol. The summed E-state index contributed by atoms with van der Waals surface area (Å²) in [6.07, 6.45) is 0.899. The summed E-state index contributed by atoms with van der Waals surface area (Å²) in [5, 5.41) is 2.49. The number of ether oxygens (including phenoxy) is 2. The van der Waals surface area contributed by atoms with Gasteiger partial charge >= 0.3 is 0 Å². The second kappa shape index (κ2) is 8.66. The Bertz CT molecular complexity index is 349. The van der Waals surface area contributed by atoms with Crippen LogP contribution in [-0.2, 0) is 20.7 Å². The van der Waals surface area contributed by atoms with Crippen LogP contribution in [0.4, 0.5) is 0 Å². The number of hydrogen-bond acceptors (Lipinski definition) is 3. The Kier molecular flexibility index (Phi) is 7.06. The summed E-state index contributed by atoms with van der Waals surface area (Å²) in [7, 11) is 1.59. The molecule has 1 aromatic carbocycles. The number of benzene rings is 1. The zero-order valence-electron chi connectivity index (χ0n) is 11.1. The van der Waals surface area contributed by atoms with E-state index in [9.17, 15) is 4.79 Å². The number of carbonyl (C=O) groups is 1. The highest BCUT2D eigenvalue weighted by atomic mass is 16.5. The highest BCUT2D eigenvalue weighted by molar-refractivity contribution is 5.76. The van der Waals surface area contributed by atoms with Gasteiger partial charge in [0.05, 0.1) is 19.8 Å². The van der Waals surface area contributed by atoms with E-state index in [0.29, 0.717) is 19.8 Å². The quantitative estimate of drug-likeness (QED) is 0.709. The molecule has 0 aliphatic carbocycles. The monoisotopic (exact) mass is 251 g/mol. The van der Waals surface area contributed by atoms with Crippen molar-refractivity contribution in [3.05, 3.63) is 35.4 Å². The molecule has 1 amide bonds. The minimum atomic E-state index is -0.116. The molecule has 0 aliphatic heterocycles. The lowest BCUT2D eigenvalue weighted by Crippen LogP contribution is -2.24. The highest BCUT2D eigenvalue weighted by Gasteiger charge is 1.97. The zero-order chi connectivity index (χ0) is 13.2. The molecule has 1 aromatic rings. The number of carbonyl (C=O) groups excluding carboxylic acids is 1. The van der Waals surface area contributed by atoms with Crippen molar-refractivity contribution < 1.29 is 14.3 Å². The van der Waals surface area contributed by atoms with Crippen LogP contribution in [0.15, 0.2) is 24.3 Å². The average Bonchev–Trinajstić information content (AvgIpc) is 2.39. The first-order valence-corrected chi connectivity index (χ1v) is 6.14. The van der Waals surface area contributed by atoms with E-state index in [4.69, 9.17) is 9.47 Å². The molecule has 0 fully saturated rings. The number of amides is 1. The molecule has 1 rings (SSSR count). The van der Waals surface area contributed by atoms with Crippen molar-refractivity contribution in [2.75, 3.05) is 33.5 Å². The topological polar surface area (TPSA) is 47.6 Å². The van der Waals surface area contributed by atoms with Gasteiger partial charge in [-0.15, -0.1) is 0 Å². The number of aryl methyl sites for hydroxylation is 1. The van der Waals surface area contributed by atoms with E-state index in [1.165, 1.54) is 11.1 Å². The summed E-state index contributed by atoms with van der Waals surface area (Å²) < 4.78 is 10.5. The first-order valence-electron chi connectivity index (χ1n) is 6.14. The second-order valence-electron chi connectivity index (χ2n) is 4.07. The average molecular weight is 251 g/mol. The SMILES string of the molecule is CNC(=O)COCCOCCc1ccc(C)cc1. The fourth-order valence-electron chi connectivity index (χ4n) is 1.40. The van der Waals surface area contributed by atoms with E-state index in [2.05, 4.69) is 36.5 Å². The van der Waals surface area contributed by atoms with Crippen LogP contribution in [-0.4, -0.2) is 39.4 Å². The van der Waals surface area contributed by atoms with Crippen LogP contribution in [0.2, 0.25) is 0 Å². The first kappa shape index (κ1) is 14.7. The molecule has 100 valence electrons. The summed E-state index contributed by atoms with van der Waals surface area (Å²) in [5.41, 5.74) is 2.54. The molecule has 0 aromatic heterocycles. The molecule has 0 saturated heterocycles. The third-order valence-corrected chi connectivity index (χ3v) is 2.54. The Hall–Kier alpha value is -1.39. The summed E-state index contributed by atoms with van der Waals surface area (Å²) in [6, 6.07) is 8.42. The van der Waals surface area contributed by atoms with Gasteiger partial charge in [0.1, 0.15) is 6.61 Å². The van der Waals surface area contributed by atoms with Crippen LogP contribution in [0, 0.1) is 6.92 Å². The molecular formula is C14H21NO3. The van der Waals surface area contributed by atoms with Crippen molar-refractivity contribution in [3.8, 4) is 0 Å². The summed E-state index contributed by atoms with van der Waals surface area (Å²) >= 11 is 0. The molecule has 18 heavy (non-hydrogen) atoms. The van der Waals surface area contributed by atoms with Crippen LogP contribution >= 0.6 is 0 Å². The predicted octanol–water partition coefficient (Wildman–Crippen LogP) is 1.32. The Balaban J connectivity index is 1.99. The van der Waals surface area contributed by atoms with Gasteiger partial charge in [0.25, 0.3) is 0 Å². The lowest BCUT2D eigenvalue weighted by Gasteiger charge is -2.05. The van der Waals surface area contributed by atoms with Gasteiger partial charge in [0.15, 0.2) is 0 Å². The van der Waals surface area contributed by atoms with Crippen LogP contribution < -0.4 is 5.32 Å². The smallest absolute Gasteiger partial charge is 0.245 e. The molecule has 0 heterocycles. The molecule has 0 aliphatic rings. The Morgan fingerprint density at radius 1 is 1.11 bits per heavy atom. The lowest BCUT2D eigenvalue weighted by atomic mass is 10.1. The van der Waals surface area contributed by atoms with Crippen molar-refractivity contribution in [2.45, 2.75) is 13.3 Å². The fourth-order valence-corrected chi connectivity index (χ4v) is 1.40. The van der Waals surface area contributed by atoms with E-state index < -0.39 is 0 Å². The molecule has 0 atom stereocenters. The van der Waals surface area contributed by atoms with Gasteiger partial charge in [0, 0.05) is 7.05 Å². The van der Waals surface area contributed by atoms with Crippen molar-refractivity contribution in [2.24, 2.45) is 0 Å². The maximum Gasteiger partial charge on any atom is 0.245 e. The van der Waals surface area contributed by atoms with Crippen LogP contribution in [0.1, 0.15) is 11.1 Å². The molecule has 0 radical (unpaired) electrons. The maximum absolute atomic E-state index is 10.8. The Morgan fingerprint density at radius 3 is 2.44 bits per heavy atom. The van der Waals surface area contributed by atoms with Crippen LogP contribution in [0.5, 0.6) is 0 Å². The molecule has 0 bridgehead atoms.